The lowest BCUT2D eigenvalue weighted by molar-refractivity contribution is -0.384. The molecule has 0 bridgehead atoms. The minimum absolute atomic E-state index is 0.00783. The Morgan fingerprint density at radius 3 is 2.67 bits per heavy atom. The number of nitro groups is 1. The van der Waals surface area contributed by atoms with Crippen LogP contribution in [0.25, 0.3) is 0 Å². The van der Waals surface area contributed by atoms with Crippen LogP contribution in [0.3, 0.4) is 0 Å². The van der Waals surface area contributed by atoms with Crippen LogP contribution in [-0.2, 0) is 6.54 Å². The first-order valence-corrected chi connectivity index (χ1v) is 5.61. The second-order valence-electron chi connectivity index (χ2n) is 3.63. The molecule has 1 aromatic heterocycles. The summed E-state index contributed by atoms with van der Waals surface area (Å²) >= 11 is 5.83. The zero-order valence-corrected chi connectivity index (χ0v) is 10.1. The van der Waals surface area contributed by atoms with Gasteiger partial charge in [0, 0.05) is 30.0 Å². The summed E-state index contributed by atoms with van der Waals surface area (Å²) in [4.78, 5) is 14.3. The molecule has 6 heteroatoms. The van der Waals surface area contributed by atoms with Gasteiger partial charge in [0.05, 0.1) is 4.92 Å². The molecule has 0 aliphatic rings. The third-order valence-corrected chi connectivity index (χ3v) is 2.62. The predicted molar refractivity (Wildman–Crippen MR) is 69.7 cm³/mol. The van der Waals surface area contributed by atoms with Gasteiger partial charge < -0.3 is 5.32 Å². The number of anilines is 1. The van der Waals surface area contributed by atoms with Crippen LogP contribution in [0.4, 0.5) is 11.4 Å². The Morgan fingerprint density at radius 1 is 1.28 bits per heavy atom. The molecule has 0 radical (unpaired) electrons. The Labute approximate surface area is 109 Å². The number of aromatic nitrogens is 1. The van der Waals surface area contributed by atoms with Gasteiger partial charge in [-0.2, -0.15) is 0 Å². The van der Waals surface area contributed by atoms with Crippen LogP contribution in [0.1, 0.15) is 5.56 Å². The highest BCUT2D eigenvalue weighted by molar-refractivity contribution is 6.31. The molecule has 0 aliphatic carbocycles. The molecule has 2 rings (SSSR count). The fourth-order valence-corrected chi connectivity index (χ4v) is 1.68. The highest BCUT2D eigenvalue weighted by Crippen LogP contribution is 2.27. The molecule has 0 aliphatic heterocycles. The van der Waals surface area contributed by atoms with Crippen molar-refractivity contribution in [3.8, 4) is 0 Å². The number of hydrogen-bond acceptors (Lipinski definition) is 4. The van der Waals surface area contributed by atoms with Crippen LogP contribution in [0.5, 0.6) is 0 Å². The van der Waals surface area contributed by atoms with Gasteiger partial charge >= 0.3 is 0 Å². The van der Waals surface area contributed by atoms with Crippen molar-refractivity contribution in [2.75, 3.05) is 5.32 Å². The SMILES string of the molecule is O=[N+]([O-])c1ccc(Cl)cc1NCc1ccncc1. The molecule has 2 aromatic rings. The van der Waals surface area contributed by atoms with Gasteiger partial charge in [-0.05, 0) is 29.8 Å². The van der Waals surface area contributed by atoms with Crippen molar-refractivity contribution < 1.29 is 4.92 Å². The second-order valence-corrected chi connectivity index (χ2v) is 4.06. The molecule has 5 nitrogen and oxygen atoms in total. The zero-order chi connectivity index (χ0) is 13.0. The minimum atomic E-state index is -0.439. The number of halogens is 1. The van der Waals surface area contributed by atoms with Crippen molar-refractivity contribution in [2.24, 2.45) is 0 Å². The standard InChI is InChI=1S/C12H10ClN3O2/c13-10-1-2-12(16(17)18)11(7-10)15-8-9-3-5-14-6-4-9/h1-7,15H,8H2. The molecule has 0 atom stereocenters. The van der Waals surface area contributed by atoms with E-state index in [1.807, 2.05) is 12.1 Å². The van der Waals surface area contributed by atoms with Gasteiger partial charge in [0.1, 0.15) is 5.69 Å². The summed E-state index contributed by atoms with van der Waals surface area (Å²) in [6.45, 7) is 0.476. The quantitative estimate of drug-likeness (QED) is 0.679. The summed E-state index contributed by atoms with van der Waals surface area (Å²) in [5.74, 6) is 0. The molecular formula is C12H10ClN3O2. The summed E-state index contributed by atoms with van der Waals surface area (Å²) in [6.07, 6.45) is 3.34. The van der Waals surface area contributed by atoms with Crippen LogP contribution >= 0.6 is 11.6 Å². The second kappa shape index (κ2) is 5.46. The lowest BCUT2D eigenvalue weighted by atomic mass is 10.2. The maximum atomic E-state index is 10.9. The average molecular weight is 264 g/mol. The Balaban J connectivity index is 2.18. The monoisotopic (exact) mass is 263 g/mol. The number of nitrogens with one attached hydrogen (secondary N) is 1. The van der Waals surface area contributed by atoms with E-state index in [9.17, 15) is 10.1 Å². The average Bonchev–Trinajstić information content (AvgIpc) is 2.37. The van der Waals surface area contributed by atoms with Gasteiger partial charge in [-0.25, -0.2) is 0 Å². The Kier molecular flexibility index (Phi) is 3.74. The largest absolute Gasteiger partial charge is 0.375 e. The fourth-order valence-electron chi connectivity index (χ4n) is 1.51. The maximum Gasteiger partial charge on any atom is 0.292 e. The number of nitrogens with zero attached hydrogens (tertiary/aromatic N) is 2. The molecule has 1 heterocycles. The summed E-state index contributed by atoms with van der Waals surface area (Å²) in [7, 11) is 0. The number of pyridine rings is 1. The Hall–Kier alpha value is -2.14. The van der Waals surface area contributed by atoms with Gasteiger partial charge in [-0.15, -0.1) is 0 Å². The van der Waals surface area contributed by atoms with Crippen molar-refractivity contribution in [3.63, 3.8) is 0 Å². The van der Waals surface area contributed by atoms with Gasteiger partial charge in [0.25, 0.3) is 5.69 Å². The van der Waals surface area contributed by atoms with E-state index in [4.69, 9.17) is 11.6 Å². The van der Waals surface area contributed by atoms with Crippen LogP contribution in [0.15, 0.2) is 42.7 Å². The Morgan fingerprint density at radius 2 is 2.00 bits per heavy atom. The van der Waals surface area contributed by atoms with Crippen LogP contribution < -0.4 is 5.32 Å². The number of nitro benzene ring substituents is 1. The van der Waals surface area contributed by atoms with Crippen molar-refractivity contribution in [1.29, 1.82) is 0 Å². The fraction of sp³-hybridized carbons (Fsp3) is 0.0833. The summed E-state index contributed by atoms with van der Waals surface area (Å²) < 4.78 is 0. The summed E-state index contributed by atoms with van der Waals surface area (Å²) in [5.41, 5.74) is 1.40. The molecule has 92 valence electrons. The van der Waals surface area contributed by atoms with Crippen molar-refractivity contribution in [1.82, 2.24) is 4.98 Å². The van der Waals surface area contributed by atoms with Crippen molar-refractivity contribution in [3.05, 3.63) is 63.4 Å². The van der Waals surface area contributed by atoms with Crippen LogP contribution in [-0.4, -0.2) is 9.91 Å². The van der Waals surface area contributed by atoms with E-state index in [1.165, 1.54) is 12.1 Å². The number of hydrogen-bond donors (Lipinski definition) is 1. The van der Waals surface area contributed by atoms with Crippen LogP contribution in [0, 0.1) is 10.1 Å². The molecule has 1 N–H and O–H groups in total. The third-order valence-electron chi connectivity index (χ3n) is 2.39. The maximum absolute atomic E-state index is 10.9. The highest BCUT2D eigenvalue weighted by atomic mass is 35.5. The normalized spacial score (nSPS) is 10.1. The van der Waals surface area contributed by atoms with E-state index in [-0.39, 0.29) is 5.69 Å². The first kappa shape index (κ1) is 12.3. The first-order valence-electron chi connectivity index (χ1n) is 5.23. The molecular weight excluding hydrogens is 254 g/mol. The lowest BCUT2D eigenvalue weighted by Gasteiger charge is -2.07. The molecule has 0 amide bonds. The van der Waals surface area contributed by atoms with Crippen molar-refractivity contribution in [2.45, 2.75) is 6.54 Å². The zero-order valence-electron chi connectivity index (χ0n) is 9.34. The smallest absolute Gasteiger partial charge is 0.292 e. The molecule has 0 spiro atoms. The van der Waals surface area contributed by atoms with Crippen molar-refractivity contribution >= 4 is 23.0 Å². The number of rotatable bonds is 4. The minimum Gasteiger partial charge on any atom is -0.375 e. The first-order chi connectivity index (χ1) is 8.66. The molecule has 18 heavy (non-hydrogen) atoms. The van der Waals surface area contributed by atoms with E-state index in [0.29, 0.717) is 17.3 Å². The summed E-state index contributed by atoms with van der Waals surface area (Å²) in [5, 5.41) is 14.3. The Bertz CT molecular complexity index is 561. The molecule has 0 saturated heterocycles. The third kappa shape index (κ3) is 2.95. The molecule has 1 aromatic carbocycles. The van der Waals surface area contributed by atoms with E-state index < -0.39 is 4.92 Å². The van der Waals surface area contributed by atoms with Gasteiger partial charge in [-0.3, -0.25) is 15.1 Å². The summed E-state index contributed by atoms with van der Waals surface area (Å²) in [6, 6.07) is 8.10. The molecule has 0 unspecified atom stereocenters. The van der Waals surface area contributed by atoms with Gasteiger partial charge in [-0.1, -0.05) is 11.6 Å². The van der Waals surface area contributed by atoms with E-state index >= 15 is 0 Å². The number of benzene rings is 1. The van der Waals surface area contributed by atoms with E-state index in [1.54, 1.807) is 18.5 Å². The van der Waals surface area contributed by atoms with Crippen LogP contribution in [0.2, 0.25) is 5.02 Å². The topological polar surface area (TPSA) is 68.1 Å². The lowest BCUT2D eigenvalue weighted by Crippen LogP contribution is -2.02. The van der Waals surface area contributed by atoms with Gasteiger partial charge in [0.2, 0.25) is 0 Å². The van der Waals surface area contributed by atoms with E-state index in [2.05, 4.69) is 10.3 Å². The molecule has 0 fully saturated rings. The van der Waals surface area contributed by atoms with E-state index in [0.717, 1.165) is 5.56 Å². The predicted octanol–water partition coefficient (Wildman–Crippen LogP) is 3.26. The highest BCUT2D eigenvalue weighted by Gasteiger charge is 2.13. The molecule has 0 saturated carbocycles. The van der Waals surface area contributed by atoms with Gasteiger partial charge in [0.15, 0.2) is 0 Å².